The maximum atomic E-state index is 10.4. The summed E-state index contributed by atoms with van der Waals surface area (Å²) in [4.78, 5) is 14.0. The molecule has 5 nitrogen and oxygen atoms in total. The Morgan fingerprint density at radius 3 is 2.69 bits per heavy atom. The van der Waals surface area contributed by atoms with Gasteiger partial charge in [-0.1, -0.05) is 11.6 Å². The van der Waals surface area contributed by atoms with Crippen LogP contribution in [0.2, 0.25) is 5.15 Å². The number of nitrogens with zero attached hydrogens (tertiary/aromatic N) is 1. The molecule has 1 rings (SSSR count). The summed E-state index contributed by atoms with van der Waals surface area (Å²) < 4.78 is 0. The van der Waals surface area contributed by atoms with Crippen LogP contribution in [0.25, 0.3) is 0 Å². The van der Waals surface area contributed by atoms with Crippen molar-refractivity contribution in [3.8, 4) is 5.75 Å². The number of carbonyl (C=O) groups is 1. The van der Waals surface area contributed by atoms with Crippen molar-refractivity contribution in [2.45, 2.75) is 6.04 Å². The van der Waals surface area contributed by atoms with Crippen LogP contribution in [-0.4, -0.2) is 21.2 Å². The average molecular weight is 203 g/mol. The van der Waals surface area contributed by atoms with Crippen molar-refractivity contribution < 1.29 is 15.0 Å². The summed E-state index contributed by atoms with van der Waals surface area (Å²) in [5.74, 6) is -1.41. The van der Waals surface area contributed by atoms with Crippen molar-refractivity contribution >= 4 is 17.6 Å². The van der Waals surface area contributed by atoms with Crippen LogP contribution in [-0.2, 0) is 4.79 Å². The molecular formula is C7H7ClN2O3. The molecule has 0 saturated heterocycles. The summed E-state index contributed by atoms with van der Waals surface area (Å²) in [5.41, 5.74) is 5.36. The molecule has 0 aliphatic rings. The van der Waals surface area contributed by atoms with Crippen molar-refractivity contribution in [2.24, 2.45) is 5.73 Å². The normalized spacial score (nSPS) is 12.5. The lowest BCUT2D eigenvalue weighted by atomic mass is 10.2. The van der Waals surface area contributed by atoms with Gasteiger partial charge in [0.15, 0.2) is 10.9 Å². The summed E-state index contributed by atoms with van der Waals surface area (Å²) in [6, 6.07) is 1.33. The first-order valence-electron chi connectivity index (χ1n) is 3.36. The van der Waals surface area contributed by atoms with Crippen molar-refractivity contribution in [1.82, 2.24) is 4.98 Å². The number of carboxylic acid groups (broad SMARTS) is 1. The standard InChI is InChI=1S/C7H7ClN2O3/c8-6-4(11)2-1-3(10-6)5(9)7(12)13/h1-2,5,11H,9H2,(H,12,13)/t5-/m0/s1. The molecule has 0 radical (unpaired) electrons. The highest BCUT2D eigenvalue weighted by Gasteiger charge is 2.16. The van der Waals surface area contributed by atoms with E-state index in [0.29, 0.717) is 0 Å². The van der Waals surface area contributed by atoms with E-state index >= 15 is 0 Å². The molecule has 0 bridgehead atoms. The molecule has 0 unspecified atom stereocenters. The van der Waals surface area contributed by atoms with Gasteiger partial charge in [0.1, 0.15) is 6.04 Å². The van der Waals surface area contributed by atoms with E-state index in [1.165, 1.54) is 12.1 Å². The molecule has 0 spiro atoms. The summed E-state index contributed by atoms with van der Waals surface area (Å²) in [6.07, 6.45) is 0. The molecule has 6 heteroatoms. The number of carboxylic acids is 1. The fourth-order valence-corrected chi connectivity index (χ4v) is 0.901. The van der Waals surface area contributed by atoms with E-state index in [-0.39, 0.29) is 16.6 Å². The van der Waals surface area contributed by atoms with E-state index in [1.54, 1.807) is 0 Å². The summed E-state index contributed by atoms with van der Waals surface area (Å²) in [7, 11) is 0. The van der Waals surface area contributed by atoms with Crippen LogP contribution in [0.15, 0.2) is 12.1 Å². The highest BCUT2D eigenvalue weighted by molar-refractivity contribution is 6.30. The Bertz CT molecular complexity index is 343. The molecule has 4 N–H and O–H groups in total. The van der Waals surface area contributed by atoms with Gasteiger partial charge in [-0.25, -0.2) is 4.98 Å². The second-order valence-corrected chi connectivity index (χ2v) is 2.72. The van der Waals surface area contributed by atoms with Crippen LogP contribution < -0.4 is 5.73 Å². The van der Waals surface area contributed by atoms with Gasteiger partial charge in [-0.2, -0.15) is 0 Å². The Balaban J connectivity index is 3.03. The second kappa shape index (κ2) is 3.59. The maximum Gasteiger partial charge on any atom is 0.326 e. The van der Waals surface area contributed by atoms with E-state index < -0.39 is 12.0 Å². The van der Waals surface area contributed by atoms with E-state index in [4.69, 9.17) is 27.5 Å². The Labute approximate surface area is 78.8 Å². The summed E-state index contributed by atoms with van der Waals surface area (Å²) in [5, 5.41) is 17.3. The predicted molar refractivity (Wildman–Crippen MR) is 45.5 cm³/mol. The highest BCUT2D eigenvalue weighted by atomic mass is 35.5. The number of aromatic nitrogens is 1. The lowest BCUT2D eigenvalue weighted by Gasteiger charge is -2.05. The van der Waals surface area contributed by atoms with Crippen molar-refractivity contribution in [3.05, 3.63) is 23.0 Å². The van der Waals surface area contributed by atoms with Crippen LogP contribution in [0.4, 0.5) is 0 Å². The third kappa shape index (κ3) is 2.07. The number of pyridine rings is 1. The second-order valence-electron chi connectivity index (χ2n) is 2.36. The zero-order chi connectivity index (χ0) is 10.0. The average Bonchev–Trinajstić information content (AvgIpc) is 2.08. The number of aliphatic carboxylic acids is 1. The minimum Gasteiger partial charge on any atom is -0.505 e. The van der Waals surface area contributed by atoms with Crippen LogP contribution in [0.5, 0.6) is 5.75 Å². The number of hydrogen-bond acceptors (Lipinski definition) is 4. The van der Waals surface area contributed by atoms with Crippen LogP contribution in [0, 0.1) is 0 Å². The molecule has 0 aliphatic carbocycles. The first-order valence-corrected chi connectivity index (χ1v) is 3.74. The lowest BCUT2D eigenvalue weighted by molar-refractivity contribution is -0.138. The summed E-state index contributed by atoms with van der Waals surface area (Å²) >= 11 is 5.45. The molecule has 70 valence electrons. The number of aromatic hydroxyl groups is 1. The Morgan fingerprint density at radius 1 is 1.62 bits per heavy atom. The summed E-state index contributed by atoms with van der Waals surface area (Å²) in [6.45, 7) is 0. The third-order valence-corrected chi connectivity index (χ3v) is 1.71. The van der Waals surface area contributed by atoms with E-state index in [9.17, 15) is 4.79 Å². The maximum absolute atomic E-state index is 10.4. The van der Waals surface area contributed by atoms with Crippen LogP contribution in [0.1, 0.15) is 11.7 Å². The zero-order valence-corrected chi connectivity index (χ0v) is 7.19. The van der Waals surface area contributed by atoms with Crippen molar-refractivity contribution in [1.29, 1.82) is 0 Å². The third-order valence-electron chi connectivity index (χ3n) is 1.44. The predicted octanol–water partition coefficient (Wildman–Crippen LogP) is 0.525. The van der Waals surface area contributed by atoms with Crippen molar-refractivity contribution in [2.75, 3.05) is 0 Å². The number of hydrogen-bond donors (Lipinski definition) is 3. The van der Waals surface area contributed by atoms with Gasteiger partial charge in [0.05, 0.1) is 5.69 Å². The molecule has 1 heterocycles. The van der Waals surface area contributed by atoms with E-state index in [2.05, 4.69) is 4.98 Å². The molecule has 0 aromatic carbocycles. The van der Waals surface area contributed by atoms with Crippen molar-refractivity contribution in [3.63, 3.8) is 0 Å². The van der Waals surface area contributed by atoms with E-state index in [0.717, 1.165) is 0 Å². The Hall–Kier alpha value is -1.33. The highest BCUT2D eigenvalue weighted by Crippen LogP contribution is 2.21. The molecule has 1 aromatic rings. The first-order chi connectivity index (χ1) is 6.02. The zero-order valence-electron chi connectivity index (χ0n) is 6.44. The molecule has 0 fully saturated rings. The van der Waals surface area contributed by atoms with E-state index in [1.807, 2.05) is 0 Å². The lowest BCUT2D eigenvalue weighted by Crippen LogP contribution is -2.21. The molecule has 0 aliphatic heterocycles. The van der Waals surface area contributed by atoms with Gasteiger partial charge in [0, 0.05) is 0 Å². The smallest absolute Gasteiger partial charge is 0.326 e. The fraction of sp³-hybridized carbons (Fsp3) is 0.143. The van der Waals surface area contributed by atoms with Gasteiger partial charge in [-0.05, 0) is 12.1 Å². The molecule has 1 atom stereocenters. The molecule has 1 aromatic heterocycles. The number of halogens is 1. The van der Waals surface area contributed by atoms with Crippen LogP contribution >= 0.6 is 11.6 Å². The largest absolute Gasteiger partial charge is 0.505 e. The molecule has 0 amide bonds. The SMILES string of the molecule is N[C@H](C(=O)O)c1ccc(O)c(Cl)n1. The molecule has 0 saturated carbocycles. The van der Waals surface area contributed by atoms with Gasteiger partial charge in [-0.15, -0.1) is 0 Å². The van der Waals surface area contributed by atoms with Gasteiger partial charge in [-0.3, -0.25) is 4.79 Å². The number of rotatable bonds is 2. The molecular weight excluding hydrogens is 196 g/mol. The topological polar surface area (TPSA) is 96.4 Å². The minimum absolute atomic E-state index is 0.107. The Morgan fingerprint density at radius 2 is 2.23 bits per heavy atom. The fourth-order valence-electron chi connectivity index (χ4n) is 0.741. The monoisotopic (exact) mass is 202 g/mol. The van der Waals surface area contributed by atoms with Gasteiger partial charge in [0.2, 0.25) is 0 Å². The first kappa shape index (κ1) is 9.76. The van der Waals surface area contributed by atoms with Gasteiger partial charge in [0.25, 0.3) is 0 Å². The molecule has 13 heavy (non-hydrogen) atoms. The van der Waals surface area contributed by atoms with Gasteiger partial charge < -0.3 is 15.9 Å². The van der Waals surface area contributed by atoms with Gasteiger partial charge >= 0.3 is 5.97 Å². The Kier molecular flexibility index (Phi) is 2.69. The van der Waals surface area contributed by atoms with Crippen LogP contribution in [0.3, 0.4) is 0 Å². The minimum atomic E-state index is -1.22. The number of nitrogens with two attached hydrogens (primary N) is 1. The quantitative estimate of drug-likeness (QED) is 0.608.